The lowest BCUT2D eigenvalue weighted by Crippen LogP contribution is -2.16. The summed E-state index contributed by atoms with van der Waals surface area (Å²) in [4.78, 5) is 0. The van der Waals surface area contributed by atoms with E-state index in [9.17, 15) is 13.2 Å². The van der Waals surface area contributed by atoms with Crippen molar-refractivity contribution < 1.29 is 27.8 Å². The van der Waals surface area contributed by atoms with Gasteiger partial charge >= 0.3 is 6.36 Å². The molecule has 1 rings (SSSR count). The number of ether oxygens (including phenoxy) is 2. The Morgan fingerprint density at radius 2 is 1.56 bits per heavy atom. The molecule has 6 heteroatoms. The zero-order chi connectivity index (χ0) is 13.4. The number of rotatable bonds is 7. The van der Waals surface area contributed by atoms with Crippen LogP contribution in [0.4, 0.5) is 13.2 Å². The molecular formula is C12H15F3O3. The summed E-state index contributed by atoms with van der Waals surface area (Å²) in [5.41, 5.74) is 0. The van der Waals surface area contributed by atoms with Gasteiger partial charge in [-0.15, -0.1) is 13.2 Å². The molecule has 0 heterocycles. The molecule has 0 saturated carbocycles. The Morgan fingerprint density at radius 3 is 2.11 bits per heavy atom. The third-order valence-corrected chi connectivity index (χ3v) is 2.13. The number of aliphatic hydroxyl groups excluding tert-OH is 1. The van der Waals surface area contributed by atoms with Crippen LogP contribution in [0, 0.1) is 0 Å². The van der Waals surface area contributed by atoms with Gasteiger partial charge in [-0.1, -0.05) is 0 Å². The fourth-order valence-electron chi connectivity index (χ4n) is 1.32. The van der Waals surface area contributed by atoms with Gasteiger partial charge in [-0.3, -0.25) is 0 Å². The van der Waals surface area contributed by atoms with Crippen LogP contribution >= 0.6 is 0 Å². The van der Waals surface area contributed by atoms with E-state index in [1.165, 1.54) is 24.3 Å². The van der Waals surface area contributed by atoms with Crippen LogP contribution in [0.25, 0.3) is 0 Å². The number of unbranched alkanes of at least 4 members (excludes halogenated alkanes) is 2. The topological polar surface area (TPSA) is 38.7 Å². The Balaban J connectivity index is 2.32. The van der Waals surface area contributed by atoms with E-state index in [2.05, 4.69) is 4.74 Å². The highest BCUT2D eigenvalue weighted by Gasteiger charge is 2.30. The van der Waals surface area contributed by atoms with Crippen molar-refractivity contribution in [3.63, 3.8) is 0 Å². The van der Waals surface area contributed by atoms with Gasteiger partial charge in [-0.2, -0.15) is 0 Å². The van der Waals surface area contributed by atoms with Gasteiger partial charge in [0.05, 0.1) is 6.61 Å². The molecule has 0 aliphatic rings. The van der Waals surface area contributed by atoms with E-state index in [0.29, 0.717) is 12.4 Å². The van der Waals surface area contributed by atoms with Gasteiger partial charge in [-0.05, 0) is 43.5 Å². The van der Waals surface area contributed by atoms with Gasteiger partial charge in [0.15, 0.2) is 0 Å². The predicted octanol–water partition coefficient (Wildman–Crippen LogP) is 3.13. The summed E-state index contributed by atoms with van der Waals surface area (Å²) in [6.07, 6.45) is -2.30. The van der Waals surface area contributed by atoms with Crippen LogP contribution in [0.1, 0.15) is 19.3 Å². The lowest BCUT2D eigenvalue weighted by molar-refractivity contribution is -0.274. The summed E-state index contributed by atoms with van der Waals surface area (Å²) in [7, 11) is 0. The molecule has 1 N–H and O–H groups in total. The van der Waals surface area contributed by atoms with Crippen LogP contribution < -0.4 is 9.47 Å². The second-order valence-corrected chi connectivity index (χ2v) is 3.65. The molecule has 1 aromatic rings. The number of aliphatic hydroxyl groups is 1. The molecule has 0 aromatic heterocycles. The van der Waals surface area contributed by atoms with Crippen molar-refractivity contribution in [1.29, 1.82) is 0 Å². The predicted molar refractivity (Wildman–Crippen MR) is 59.6 cm³/mol. The van der Waals surface area contributed by atoms with Crippen LogP contribution in [0.15, 0.2) is 24.3 Å². The van der Waals surface area contributed by atoms with Crippen molar-refractivity contribution in [3.05, 3.63) is 24.3 Å². The summed E-state index contributed by atoms with van der Waals surface area (Å²) in [6, 6.07) is 5.26. The van der Waals surface area contributed by atoms with Crippen molar-refractivity contribution in [3.8, 4) is 11.5 Å². The first-order valence-electron chi connectivity index (χ1n) is 5.61. The second kappa shape index (κ2) is 7.10. The summed E-state index contributed by atoms with van der Waals surface area (Å²) in [5, 5.41) is 8.56. The minimum atomic E-state index is -4.67. The van der Waals surface area contributed by atoms with Crippen LogP contribution in [-0.2, 0) is 0 Å². The Hall–Kier alpha value is -1.43. The van der Waals surface area contributed by atoms with Crippen LogP contribution in [0.5, 0.6) is 11.5 Å². The molecule has 0 atom stereocenters. The van der Waals surface area contributed by atoms with Gasteiger partial charge in [0.25, 0.3) is 0 Å². The monoisotopic (exact) mass is 264 g/mol. The van der Waals surface area contributed by atoms with Gasteiger partial charge < -0.3 is 14.6 Å². The molecule has 0 saturated heterocycles. The van der Waals surface area contributed by atoms with E-state index in [-0.39, 0.29) is 12.4 Å². The first-order valence-corrected chi connectivity index (χ1v) is 5.61. The lowest BCUT2D eigenvalue weighted by Gasteiger charge is -2.10. The Bertz CT molecular complexity index is 335. The van der Waals surface area contributed by atoms with Crippen molar-refractivity contribution in [1.82, 2.24) is 0 Å². The first kappa shape index (κ1) is 14.6. The maximum Gasteiger partial charge on any atom is 0.573 e. The molecule has 0 spiro atoms. The van der Waals surface area contributed by atoms with Crippen molar-refractivity contribution in [2.45, 2.75) is 25.6 Å². The number of benzene rings is 1. The smallest absolute Gasteiger partial charge is 0.494 e. The SMILES string of the molecule is OCCCCCOc1ccc(OC(F)(F)F)cc1. The number of hydrogen-bond acceptors (Lipinski definition) is 3. The fraction of sp³-hybridized carbons (Fsp3) is 0.500. The fourth-order valence-corrected chi connectivity index (χ4v) is 1.32. The summed E-state index contributed by atoms with van der Waals surface area (Å²) in [6.45, 7) is 0.628. The summed E-state index contributed by atoms with van der Waals surface area (Å²) in [5.74, 6) is 0.226. The van der Waals surface area contributed by atoms with Gasteiger partial charge in [0.1, 0.15) is 11.5 Å². The average molecular weight is 264 g/mol. The van der Waals surface area contributed by atoms with Crippen LogP contribution in [-0.4, -0.2) is 24.7 Å². The molecule has 0 fully saturated rings. The second-order valence-electron chi connectivity index (χ2n) is 3.65. The summed E-state index contributed by atoms with van der Waals surface area (Å²) >= 11 is 0. The highest BCUT2D eigenvalue weighted by molar-refractivity contribution is 5.31. The number of halogens is 3. The van der Waals surface area contributed by atoms with E-state index < -0.39 is 6.36 Å². The maximum absolute atomic E-state index is 11.9. The minimum absolute atomic E-state index is 0.156. The normalized spacial score (nSPS) is 11.3. The molecule has 0 aliphatic carbocycles. The molecule has 0 bridgehead atoms. The molecule has 102 valence electrons. The number of alkyl halides is 3. The van der Waals surface area contributed by atoms with E-state index in [0.717, 1.165) is 19.3 Å². The van der Waals surface area contributed by atoms with Crippen molar-refractivity contribution in [2.24, 2.45) is 0 Å². The third-order valence-electron chi connectivity index (χ3n) is 2.13. The van der Waals surface area contributed by atoms with Crippen molar-refractivity contribution >= 4 is 0 Å². The zero-order valence-electron chi connectivity index (χ0n) is 9.74. The van der Waals surface area contributed by atoms with E-state index in [4.69, 9.17) is 9.84 Å². The number of hydrogen-bond donors (Lipinski definition) is 1. The minimum Gasteiger partial charge on any atom is -0.494 e. The quantitative estimate of drug-likeness (QED) is 0.769. The van der Waals surface area contributed by atoms with E-state index >= 15 is 0 Å². The standard InChI is InChI=1S/C12H15F3O3/c13-12(14,15)18-11-6-4-10(5-7-11)17-9-3-1-2-8-16/h4-7,16H,1-3,8-9H2. The van der Waals surface area contributed by atoms with Crippen molar-refractivity contribution in [2.75, 3.05) is 13.2 Å². The van der Waals surface area contributed by atoms with Crippen LogP contribution in [0.2, 0.25) is 0 Å². The lowest BCUT2D eigenvalue weighted by atomic mass is 10.2. The largest absolute Gasteiger partial charge is 0.573 e. The maximum atomic E-state index is 11.9. The van der Waals surface area contributed by atoms with Gasteiger partial charge in [0, 0.05) is 6.61 Å². The molecular weight excluding hydrogens is 249 g/mol. The van der Waals surface area contributed by atoms with Gasteiger partial charge in [0.2, 0.25) is 0 Å². The Labute approximate surface area is 103 Å². The third kappa shape index (κ3) is 6.34. The highest BCUT2D eigenvalue weighted by Crippen LogP contribution is 2.24. The average Bonchev–Trinajstić information content (AvgIpc) is 2.29. The Kier molecular flexibility index (Phi) is 5.77. The molecule has 0 unspecified atom stereocenters. The molecule has 0 aliphatic heterocycles. The van der Waals surface area contributed by atoms with Gasteiger partial charge in [-0.25, -0.2) is 0 Å². The summed E-state index contributed by atoms with van der Waals surface area (Å²) < 4.78 is 44.7. The molecule has 18 heavy (non-hydrogen) atoms. The van der Waals surface area contributed by atoms with E-state index in [1.807, 2.05) is 0 Å². The molecule has 0 radical (unpaired) electrons. The van der Waals surface area contributed by atoms with Crippen LogP contribution in [0.3, 0.4) is 0 Å². The molecule has 3 nitrogen and oxygen atoms in total. The first-order chi connectivity index (χ1) is 8.51. The Morgan fingerprint density at radius 1 is 0.944 bits per heavy atom. The molecule has 1 aromatic carbocycles. The highest BCUT2D eigenvalue weighted by atomic mass is 19.4. The zero-order valence-corrected chi connectivity index (χ0v) is 9.74. The van der Waals surface area contributed by atoms with E-state index in [1.54, 1.807) is 0 Å². The molecule has 0 amide bonds.